The Balaban J connectivity index is 1.83. The smallest absolute Gasteiger partial charge is 0.126 e. The first-order valence-electron chi connectivity index (χ1n) is 12.0. The molecule has 0 unspecified atom stereocenters. The molecule has 0 aliphatic rings. The number of nitrogens with one attached hydrogen (secondary N) is 1. The predicted octanol–water partition coefficient (Wildman–Crippen LogP) is 7.46. The molecule has 0 saturated carbocycles. The first-order chi connectivity index (χ1) is 15.7. The summed E-state index contributed by atoms with van der Waals surface area (Å²) in [5.41, 5.74) is 8.11. The second-order valence-corrected chi connectivity index (χ2v) is 8.61. The van der Waals surface area contributed by atoms with Gasteiger partial charge in [0, 0.05) is 11.1 Å². The second-order valence-electron chi connectivity index (χ2n) is 8.61. The van der Waals surface area contributed by atoms with Crippen LogP contribution in [0.5, 0.6) is 5.75 Å². The number of aryl methyl sites for hydroxylation is 2. The van der Waals surface area contributed by atoms with E-state index in [0.29, 0.717) is 5.75 Å². The molecular formula is C28H33N3O. The molecule has 2 N–H and O–H groups in total. The van der Waals surface area contributed by atoms with Gasteiger partial charge in [0.15, 0.2) is 0 Å². The summed E-state index contributed by atoms with van der Waals surface area (Å²) in [7, 11) is 0. The zero-order chi connectivity index (χ0) is 22.3. The van der Waals surface area contributed by atoms with E-state index in [1.807, 2.05) is 24.3 Å². The molecule has 0 bridgehead atoms. The van der Waals surface area contributed by atoms with E-state index in [1.165, 1.54) is 37.7 Å². The van der Waals surface area contributed by atoms with Gasteiger partial charge in [0.1, 0.15) is 16.8 Å². The van der Waals surface area contributed by atoms with Gasteiger partial charge < -0.3 is 5.11 Å². The van der Waals surface area contributed by atoms with Gasteiger partial charge in [-0.25, -0.2) is 0 Å². The normalized spacial score (nSPS) is 11.3. The lowest BCUT2D eigenvalue weighted by molar-refractivity contribution is 0.468. The largest absolute Gasteiger partial charge is 0.507 e. The lowest BCUT2D eigenvalue weighted by Gasteiger charge is -2.17. The molecule has 32 heavy (non-hydrogen) atoms. The molecule has 4 rings (SSSR count). The molecule has 0 saturated heterocycles. The van der Waals surface area contributed by atoms with Crippen molar-refractivity contribution in [2.45, 2.75) is 65.2 Å². The van der Waals surface area contributed by atoms with Crippen LogP contribution in [-0.2, 0) is 12.8 Å². The van der Waals surface area contributed by atoms with Crippen LogP contribution in [0.1, 0.15) is 63.5 Å². The Bertz CT molecular complexity index is 1180. The Morgan fingerprint density at radius 1 is 0.719 bits per heavy atom. The van der Waals surface area contributed by atoms with Crippen LogP contribution in [0.15, 0.2) is 54.6 Å². The van der Waals surface area contributed by atoms with Crippen molar-refractivity contribution in [1.82, 2.24) is 15.4 Å². The van der Waals surface area contributed by atoms with E-state index in [9.17, 15) is 5.11 Å². The van der Waals surface area contributed by atoms with Gasteiger partial charge >= 0.3 is 0 Å². The van der Waals surface area contributed by atoms with Crippen LogP contribution < -0.4 is 0 Å². The standard InChI is InChI=1S/C28H33N3O/c1-3-5-7-12-20-18-21(13-8-6-4-2)28(32)25(19-20)23-15-10-9-14-22(23)24-16-11-17-26-27(24)30-31-29-26/h9-11,14-19,32H,3-8,12-13H2,1-2H3,(H,29,30,31). The van der Waals surface area contributed by atoms with Crippen molar-refractivity contribution in [3.63, 3.8) is 0 Å². The molecule has 0 amide bonds. The van der Waals surface area contributed by atoms with Crippen molar-refractivity contribution in [2.24, 2.45) is 0 Å². The van der Waals surface area contributed by atoms with Gasteiger partial charge in [-0.3, -0.25) is 0 Å². The highest BCUT2D eigenvalue weighted by Gasteiger charge is 2.17. The van der Waals surface area contributed by atoms with Crippen molar-refractivity contribution < 1.29 is 5.11 Å². The number of benzene rings is 3. The number of phenolic OH excluding ortho intramolecular Hbond substituents is 1. The zero-order valence-corrected chi connectivity index (χ0v) is 19.2. The molecule has 0 aliphatic carbocycles. The fraction of sp³-hybridized carbons (Fsp3) is 0.357. The van der Waals surface area contributed by atoms with Gasteiger partial charge in [-0.2, -0.15) is 15.4 Å². The van der Waals surface area contributed by atoms with Crippen molar-refractivity contribution >= 4 is 11.0 Å². The van der Waals surface area contributed by atoms with Gasteiger partial charge in [-0.05, 0) is 60.1 Å². The minimum Gasteiger partial charge on any atom is -0.507 e. The SMILES string of the molecule is CCCCCc1cc(CCCCC)c(O)c(-c2ccccc2-c2cccc3n[nH]nc23)c1. The summed E-state index contributed by atoms with van der Waals surface area (Å²) in [6.07, 6.45) is 9.02. The lowest BCUT2D eigenvalue weighted by Crippen LogP contribution is -1.96. The molecule has 0 spiro atoms. The number of H-pyrrole nitrogens is 1. The fourth-order valence-corrected chi connectivity index (χ4v) is 4.48. The molecule has 1 aromatic heterocycles. The van der Waals surface area contributed by atoms with Crippen LogP contribution in [0.2, 0.25) is 0 Å². The third kappa shape index (κ3) is 4.69. The molecule has 3 aromatic carbocycles. The molecule has 166 valence electrons. The maximum absolute atomic E-state index is 11.3. The van der Waals surface area contributed by atoms with Crippen molar-refractivity contribution in [2.75, 3.05) is 0 Å². The monoisotopic (exact) mass is 427 g/mol. The minimum absolute atomic E-state index is 0.417. The number of hydrogen-bond donors (Lipinski definition) is 2. The highest BCUT2D eigenvalue weighted by molar-refractivity contribution is 5.97. The lowest BCUT2D eigenvalue weighted by atomic mass is 9.89. The van der Waals surface area contributed by atoms with E-state index >= 15 is 0 Å². The highest BCUT2D eigenvalue weighted by Crippen LogP contribution is 2.41. The summed E-state index contributed by atoms with van der Waals surface area (Å²) in [5.74, 6) is 0.417. The molecule has 0 fully saturated rings. The van der Waals surface area contributed by atoms with Gasteiger partial charge in [0.2, 0.25) is 0 Å². The molecule has 0 radical (unpaired) electrons. The number of para-hydroxylation sites is 1. The molecule has 4 nitrogen and oxygen atoms in total. The van der Waals surface area contributed by atoms with Crippen LogP contribution in [0.3, 0.4) is 0 Å². The second kappa shape index (κ2) is 10.4. The average molecular weight is 428 g/mol. The summed E-state index contributed by atoms with van der Waals surface area (Å²) in [6.45, 7) is 4.45. The molecular weight excluding hydrogens is 394 g/mol. The first kappa shape index (κ1) is 22.1. The Hall–Kier alpha value is -3.14. The van der Waals surface area contributed by atoms with Gasteiger partial charge in [0.05, 0.1) is 0 Å². The van der Waals surface area contributed by atoms with Gasteiger partial charge in [0.25, 0.3) is 0 Å². The number of rotatable bonds is 10. The fourth-order valence-electron chi connectivity index (χ4n) is 4.48. The number of aromatic nitrogens is 3. The molecule has 0 aliphatic heterocycles. The van der Waals surface area contributed by atoms with Crippen LogP contribution in [0, 0.1) is 0 Å². The summed E-state index contributed by atoms with van der Waals surface area (Å²) >= 11 is 0. The first-order valence-corrected chi connectivity index (χ1v) is 12.0. The minimum atomic E-state index is 0.417. The summed E-state index contributed by atoms with van der Waals surface area (Å²) in [5, 5.41) is 22.7. The van der Waals surface area contributed by atoms with Crippen molar-refractivity contribution in [1.29, 1.82) is 0 Å². The average Bonchev–Trinajstić information content (AvgIpc) is 3.30. The van der Waals surface area contributed by atoms with Crippen LogP contribution in [0.4, 0.5) is 0 Å². The number of hydrogen-bond acceptors (Lipinski definition) is 3. The number of aromatic hydroxyl groups is 1. The Morgan fingerprint density at radius 2 is 1.41 bits per heavy atom. The van der Waals surface area contributed by atoms with E-state index in [2.05, 4.69) is 59.6 Å². The number of nitrogens with zero attached hydrogens (tertiary/aromatic N) is 2. The summed E-state index contributed by atoms with van der Waals surface area (Å²) in [4.78, 5) is 0. The predicted molar refractivity (Wildman–Crippen MR) is 133 cm³/mol. The van der Waals surface area contributed by atoms with E-state index in [0.717, 1.165) is 58.1 Å². The molecule has 4 aromatic rings. The summed E-state index contributed by atoms with van der Waals surface area (Å²) < 4.78 is 0. The topological polar surface area (TPSA) is 61.8 Å². The third-order valence-electron chi connectivity index (χ3n) is 6.22. The Labute approximate surface area is 190 Å². The van der Waals surface area contributed by atoms with Gasteiger partial charge in [-0.1, -0.05) is 82.0 Å². The van der Waals surface area contributed by atoms with E-state index in [4.69, 9.17) is 0 Å². The highest BCUT2D eigenvalue weighted by atomic mass is 16.3. The maximum Gasteiger partial charge on any atom is 0.126 e. The number of fused-ring (bicyclic) bond motifs is 1. The van der Waals surface area contributed by atoms with Crippen LogP contribution in [0.25, 0.3) is 33.3 Å². The van der Waals surface area contributed by atoms with Gasteiger partial charge in [-0.15, -0.1) is 0 Å². The molecule has 0 atom stereocenters. The van der Waals surface area contributed by atoms with Crippen LogP contribution >= 0.6 is 0 Å². The van der Waals surface area contributed by atoms with Crippen molar-refractivity contribution in [3.05, 3.63) is 65.7 Å². The van der Waals surface area contributed by atoms with E-state index < -0.39 is 0 Å². The Kier molecular flexibility index (Phi) is 7.21. The number of unbranched alkanes of at least 4 members (excludes halogenated alkanes) is 4. The van der Waals surface area contributed by atoms with Crippen molar-refractivity contribution in [3.8, 4) is 28.0 Å². The number of phenols is 1. The summed E-state index contributed by atoms with van der Waals surface area (Å²) in [6, 6.07) is 18.8. The molecule has 4 heteroatoms. The van der Waals surface area contributed by atoms with E-state index in [1.54, 1.807) is 0 Å². The molecule has 1 heterocycles. The third-order valence-corrected chi connectivity index (χ3v) is 6.22. The maximum atomic E-state index is 11.3. The Morgan fingerprint density at radius 3 is 2.16 bits per heavy atom. The quantitative estimate of drug-likeness (QED) is 0.258. The zero-order valence-electron chi connectivity index (χ0n) is 19.2. The number of aromatic amines is 1. The van der Waals surface area contributed by atoms with Crippen LogP contribution in [-0.4, -0.2) is 20.5 Å². The van der Waals surface area contributed by atoms with E-state index in [-0.39, 0.29) is 0 Å².